The summed E-state index contributed by atoms with van der Waals surface area (Å²) in [4.78, 5) is 22.5. The molecule has 0 aliphatic heterocycles. The highest BCUT2D eigenvalue weighted by Crippen LogP contribution is 2.32. The van der Waals surface area contributed by atoms with Gasteiger partial charge < -0.3 is 10.4 Å². The van der Waals surface area contributed by atoms with Crippen LogP contribution in [0.5, 0.6) is 0 Å². The first-order chi connectivity index (χ1) is 8.08. The number of anilines is 1. The lowest BCUT2D eigenvalue weighted by Gasteiger charge is -2.13. The standard InChI is InChI=1S/C11H14N2O3S/c1-6(7-2-3-7)12-11(16)13-9-8(10(14)15)4-5-17-9/h4-7H,2-3H2,1H3,(H,14,15)(H2,12,13,16). The van der Waals surface area contributed by atoms with Crippen LogP contribution in [0.3, 0.4) is 0 Å². The third-order valence-electron chi connectivity index (χ3n) is 2.81. The third kappa shape index (κ3) is 2.97. The maximum Gasteiger partial charge on any atom is 0.338 e. The lowest BCUT2D eigenvalue weighted by Crippen LogP contribution is -2.37. The quantitative estimate of drug-likeness (QED) is 0.771. The van der Waals surface area contributed by atoms with E-state index in [4.69, 9.17) is 5.11 Å². The zero-order chi connectivity index (χ0) is 12.4. The first-order valence-corrected chi connectivity index (χ1v) is 6.34. The SMILES string of the molecule is CC(NC(=O)Nc1sccc1C(=O)O)C1CC1. The molecule has 0 bridgehead atoms. The molecule has 6 heteroatoms. The molecule has 3 N–H and O–H groups in total. The van der Waals surface area contributed by atoms with Crippen molar-refractivity contribution in [2.75, 3.05) is 5.32 Å². The number of carbonyl (C=O) groups excluding carboxylic acids is 1. The van der Waals surface area contributed by atoms with Crippen LogP contribution in [0.2, 0.25) is 0 Å². The van der Waals surface area contributed by atoms with E-state index in [-0.39, 0.29) is 17.6 Å². The normalized spacial score (nSPS) is 16.3. The lowest BCUT2D eigenvalue weighted by molar-refractivity contribution is 0.0698. The number of nitrogens with one attached hydrogen (secondary N) is 2. The van der Waals surface area contributed by atoms with Gasteiger partial charge in [-0.25, -0.2) is 9.59 Å². The predicted octanol–water partition coefficient (Wildman–Crippen LogP) is 2.37. The number of carboxylic acids is 1. The molecule has 0 saturated heterocycles. The highest BCUT2D eigenvalue weighted by atomic mass is 32.1. The molecule has 2 amide bonds. The fraction of sp³-hybridized carbons (Fsp3) is 0.455. The number of carbonyl (C=O) groups is 2. The van der Waals surface area contributed by atoms with Gasteiger partial charge >= 0.3 is 12.0 Å². The van der Waals surface area contributed by atoms with E-state index in [1.54, 1.807) is 5.38 Å². The topological polar surface area (TPSA) is 78.4 Å². The van der Waals surface area contributed by atoms with Crippen molar-refractivity contribution >= 4 is 28.3 Å². The van der Waals surface area contributed by atoms with Crippen LogP contribution in [-0.4, -0.2) is 23.1 Å². The summed E-state index contributed by atoms with van der Waals surface area (Å²) in [6, 6.07) is 1.28. The van der Waals surface area contributed by atoms with Crippen molar-refractivity contribution in [1.29, 1.82) is 0 Å². The molecule has 0 aromatic carbocycles. The number of thiophene rings is 1. The highest BCUT2D eigenvalue weighted by molar-refractivity contribution is 7.14. The Kier molecular flexibility index (Phi) is 3.33. The number of rotatable bonds is 4. The van der Waals surface area contributed by atoms with Crippen LogP contribution in [0.4, 0.5) is 9.80 Å². The fourth-order valence-electron chi connectivity index (χ4n) is 1.63. The summed E-state index contributed by atoms with van der Waals surface area (Å²) in [7, 11) is 0. The maximum absolute atomic E-state index is 11.6. The summed E-state index contributed by atoms with van der Waals surface area (Å²) in [5, 5.41) is 16.3. The van der Waals surface area contributed by atoms with Gasteiger partial charge in [-0.1, -0.05) is 0 Å². The van der Waals surface area contributed by atoms with Gasteiger partial charge in [0.2, 0.25) is 0 Å². The molecule has 1 saturated carbocycles. The van der Waals surface area contributed by atoms with Gasteiger partial charge in [0.1, 0.15) is 5.00 Å². The Morgan fingerprint density at radius 1 is 1.53 bits per heavy atom. The minimum Gasteiger partial charge on any atom is -0.478 e. The van der Waals surface area contributed by atoms with Crippen LogP contribution < -0.4 is 10.6 Å². The number of hydrogen-bond acceptors (Lipinski definition) is 3. The van der Waals surface area contributed by atoms with E-state index < -0.39 is 5.97 Å². The molecular weight excluding hydrogens is 240 g/mol. The largest absolute Gasteiger partial charge is 0.478 e. The van der Waals surface area contributed by atoms with Crippen molar-refractivity contribution in [3.05, 3.63) is 17.0 Å². The van der Waals surface area contributed by atoms with Gasteiger partial charge in [-0.3, -0.25) is 5.32 Å². The molecule has 2 rings (SSSR count). The zero-order valence-electron chi connectivity index (χ0n) is 9.40. The highest BCUT2D eigenvalue weighted by Gasteiger charge is 2.29. The van der Waals surface area contributed by atoms with Crippen molar-refractivity contribution in [2.45, 2.75) is 25.8 Å². The molecule has 17 heavy (non-hydrogen) atoms. The van der Waals surface area contributed by atoms with Gasteiger partial charge in [0.15, 0.2) is 0 Å². The molecule has 1 atom stereocenters. The summed E-state index contributed by atoms with van der Waals surface area (Å²) in [5.41, 5.74) is 0.129. The molecule has 0 spiro atoms. The van der Waals surface area contributed by atoms with Crippen LogP contribution in [-0.2, 0) is 0 Å². The smallest absolute Gasteiger partial charge is 0.338 e. The maximum atomic E-state index is 11.6. The van der Waals surface area contributed by atoms with Crippen LogP contribution in [0, 0.1) is 5.92 Å². The Labute approximate surface area is 103 Å². The van der Waals surface area contributed by atoms with Crippen molar-refractivity contribution in [3.63, 3.8) is 0 Å². The first-order valence-electron chi connectivity index (χ1n) is 5.46. The van der Waals surface area contributed by atoms with Crippen LogP contribution in [0.25, 0.3) is 0 Å². The average Bonchev–Trinajstić information content (AvgIpc) is 2.99. The summed E-state index contributed by atoms with van der Waals surface area (Å²) >= 11 is 1.20. The first kappa shape index (κ1) is 11.9. The number of urea groups is 1. The molecule has 1 aromatic heterocycles. The minimum absolute atomic E-state index is 0.129. The molecule has 1 fully saturated rings. The molecule has 1 aromatic rings. The van der Waals surface area contributed by atoms with Gasteiger partial charge in [0.25, 0.3) is 0 Å². The van der Waals surface area contributed by atoms with E-state index in [0.717, 1.165) is 12.8 Å². The molecule has 1 aliphatic carbocycles. The van der Waals surface area contributed by atoms with Crippen molar-refractivity contribution < 1.29 is 14.7 Å². The number of aromatic carboxylic acids is 1. The van der Waals surface area contributed by atoms with E-state index in [2.05, 4.69) is 10.6 Å². The zero-order valence-corrected chi connectivity index (χ0v) is 10.2. The number of carboxylic acid groups (broad SMARTS) is 1. The Morgan fingerprint density at radius 2 is 2.24 bits per heavy atom. The molecule has 1 aliphatic rings. The Morgan fingerprint density at radius 3 is 2.82 bits per heavy atom. The summed E-state index contributed by atoms with van der Waals surface area (Å²) in [6.07, 6.45) is 2.31. The predicted molar refractivity (Wildman–Crippen MR) is 65.6 cm³/mol. The molecule has 5 nitrogen and oxygen atoms in total. The van der Waals surface area contributed by atoms with Gasteiger partial charge in [0.05, 0.1) is 5.56 Å². The van der Waals surface area contributed by atoms with Gasteiger partial charge in [-0.15, -0.1) is 11.3 Å². The molecule has 1 heterocycles. The van der Waals surface area contributed by atoms with Gasteiger partial charge in [-0.2, -0.15) is 0 Å². The van der Waals surface area contributed by atoms with E-state index in [0.29, 0.717) is 10.9 Å². The average molecular weight is 254 g/mol. The molecule has 0 radical (unpaired) electrons. The second-order valence-corrected chi connectivity index (χ2v) is 5.11. The summed E-state index contributed by atoms with van der Waals surface area (Å²) < 4.78 is 0. The summed E-state index contributed by atoms with van der Waals surface area (Å²) in [6.45, 7) is 1.96. The Balaban J connectivity index is 1.93. The van der Waals surface area contributed by atoms with E-state index >= 15 is 0 Å². The van der Waals surface area contributed by atoms with Crippen LogP contribution in [0.15, 0.2) is 11.4 Å². The Bertz CT molecular complexity index is 440. The number of hydrogen-bond donors (Lipinski definition) is 3. The van der Waals surface area contributed by atoms with Crippen molar-refractivity contribution in [3.8, 4) is 0 Å². The van der Waals surface area contributed by atoms with Crippen LogP contribution in [0.1, 0.15) is 30.1 Å². The van der Waals surface area contributed by atoms with Gasteiger partial charge in [-0.05, 0) is 37.1 Å². The monoisotopic (exact) mass is 254 g/mol. The fourth-order valence-corrected chi connectivity index (χ4v) is 2.41. The molecule has 92 valence electrons. The number of amides is 2. The minimum atomic E-state index is -1.03. The van der Waals surface area contributed by atoms with E-state index in [9.17, 15) is 9.59 Å². The second kappa shape index (κ2) is 4.75. The van der Waals surface area contributed by atoms with E-state index in [1.807, 2.05) is 6.92 Å². The van der Waals surface area contributed by atoms with E-state index in [1.165, 1.54) is 17.4 Å². The summed E-state index contributed by atoms with van der Waals surface area (Å²) in [5.74, 6) is -0.458. The second-order valence-electron chi connectivity index (χ2n) is 4.19. The Hall–Kier alpha value is -1.56. The lowest BCUT2D eigenvalue weighted by atomic mass is 10.2. The van der Waals surface area contributed by atoms with Crippen LogP contribution >= 0.6 is 11.3 Å². The molecular formula is C11H14N2O3S. The van der Waals surface area contributed by atoms with Crippen molar-refractivity contribution in [2.24, 2.45) is 5.92 Å². The molecule has 1 unspecified atom stereocenters. The van der Waals surface area contributed by atoms with Crippen molar-refractivity contribution in [1.82, 2.24) is 5.32 Å². The van der Waals surface area contributed by atoms with Gasteiger partial charge in [0, 0.05) is 6.04 Å². The third-order valence-corrected chi connectivity index (χ3v) is 3.64.